The number of nitrogens with one attached hydrogen (secondary N) is 1. The number of rotatable bonds is 5. The summed E-state index contributed by atoms with van der Waals surface area (Å²) in [5.74, 6) is -0.105. The average molecular weight is 327 g/mol. The van der Waals surface area contributed by atoms with Crippen molar-refractivity contribution in [2.75, 3.05) is 0 Å². The van der Waals surface area contributed by atoms with Gasteiger partial charge >= 0.3 is 10.1 Å². The van der Waals surface area contributed by atoms with E-state index in [0.717, 1.165) is 5.56 Å². The maximum absolute atomic E-state index is 12.4. The molecule has 0 radical (unpaired) electrons. The third-order valence-corrected chi connectivity index (χ3v) is 4.33. The van der Waals surface area contributed by atoms with Gasteiger partial charge in [-0.15, -0.1) is 5.10 Å². The van der Waals surface area contributed by atoms with Crippen LogP contribution in [0.1, 0.15) is 11.1 Å². The fraction of sp³-hybridized carbons (Fsp3) is 0. The van der Waals surface area contributed by atoms with E-state index in [1.165, 1.54) is 12.3 Å². The quantitative estimate of drug-likeness (QED) is 0.575. The lowest BCUT2D eigenvalue weighted by atomic mass is 10.1. The summed E-state index contributed by atoms with van der Waals surface area (Å²) in [7, 11) is -3.99. The summed E-state index contributed by atoms with van der Waals surface area (Å²) in [6.45, 7) is 0. The van der Waals surface area contributed by atoms with Crippen molar-refractivity contribution in [3.8, 4) is 5.88 Å². The molecule has 116 valence electrons. The maximum Gasteiger partial charge on any atom is 0.341 e. The lowest BCUT2D eigenvalue weighted by Gasteiger charge is -2.07. The summed E-state index contributed by atoms with van der Waals surface area (Å²) in [6.07, 6.45) is 4.76. The van der Waals surface area contributed by atoms with Gasteiger partial charge in [0.05, 0.1) is 0 Å². The first-order valence-electron chi connectivity index (χ1n) is 6.77. The third kappa shape index (κ3) is 3.64. The predicted octanol–water partition coefficient (Wildman–Crippen LogP) is 2.74. The SMILES string of the molecule is O=S(=O)(Oc1cn[nH]n1)c1ccccc1C=Cc1ccccc1. The zero-order valence-electron chi connectivity index (χ0n) is 12.0. The third-order valence-electron chi connectivity index (χ3n) is 3.03. The fourth-order valence-corrected chi connectivity index (χ4v) is 3.05. The van der Waals surface area contributed by atoms with Crippen LogP contribution in [-0.4, -0.2) is 23.8 Å². The minimum Gasteiger partial charge on any atom is -0.355 e. The van der Waals surface area contributed by atoms with Crippen LogP contribution in [-0.2, 0) is 10.1 Å². The van der Waals surface area contributed by atoms with E-state index in [9.17, 15) is 8.42 Å². The van der Waals surface area contributed by atoms with Crippen LogP contribution in [0, 0.1) is 0 Å². The Morgan fingerprint density at radius 2 is 1.70 bits per heavy atom. The molecule has 0 aliphatic heterocycles. The average Bonchev–Trinajstić information content (AvgIpc) is 3.06. The lowest BCUT2D eigenvalue weighted by molar-refractivity contribution is 0.475. The molecule has 7 heteroatoms. The molecule has 0 unspecified atom stereocenters. The number of aromatic amines is 1. The largest absolute Gasteiger partial charge is 0.355 e. The van der Waals surface area contributed by atoms with Crippen molar-refractivity contribution in [1.29, 1.82) is 0 Å². The highest BCUT2D eigenvalue weighted by molar-refractivity contribution is 7.87. The maximum atomic E-state index is 12.4. The molecular formula is C16H13N3O3S. The van der Waals surface area contributed by atoms with E-state index in [0.29, 0.717) is 5.56 Å². The second-order valence-corrected chi connectivity index (χ2v) is 6.14. The first-order chi connectivity index (χ1) is 11.1. The van der Waals surface area contributed by atoms with E-state index in [4.69, 9.17) is 4.18 Å². The Bertz CT molecular complexity index is 905. The van der Waals surface area contributed by atoms with Crippen molar-refractivity contribution in [1.82, 2.24) is 15.4 Å². The summed E-state index contributed by atoms with van der Waals surface area (Å²) < 4.78 is 29.7. The van der Waals surface area contributed by atoms with Crippen molar-refractivity contribution >= 4 is 22.3 Å². The Labute approximate surface area is 133 Å². The molecule has 0 bridgehead atoms. The van der Waals surface area contributed by atoms with Gasteiger partial charge in [-0.25, -0.2) is 0 Å². The summed E-state index contributed by atoms with van der Waals surface area (Å²) in [6, 6.07) is 16.2. The van der Waals surface area contributed by atoms with Gasteiger partial charge in [-0.3, -0.25) is 0 Å². The van der Waals surface area contributed by atoms with Gasteiger partial charge in [0, 0.05) is 0 Å². The molecule has 1 N–H and O–H groups in total. The topological polar surface area (TPSA) is 84.9 Å². The lowest BCUT2D eigenvalue weighted by Crippen LogP contribution is -2.11. The molecule has 0 saturated carbocycles. The second-order valence-electron chi connectivity index (χ2n) is 4.63. The summed E-state index contributed by atoms with van der Waals surface area (Å²) >= 11 is 0. The van der Waals surface area contributed by atoms with Crippen molar-refractivity contribution in [2.45, 2.75) is 4.90 Å². The molecule has 0 amide bonds. The van der Waals surface area contributed by atoms with Crippen molar-refractivity contribution in [3.05, 3.63) is 71.9 Å². The molecule has 1 heterocycles. The number of aromatic nitrogens is 3. The second kappa shape index (κ2) is 6.45. The Morgan fingerprint density at radius 1 is 0.957 bits per heavy atom. The molecule has 0 aliphatic rings. The van der Waals surface area contributed by atoms with Crippen LogP contribution in [0.25, 0.3) is 12.2 Å². The molecule has 0 fully saturated rings. The zero-order valence-corrected chi connectivity index (χ0v) is 12.8. The van der Waals surface area contributed by atoms with Gasteiger partial charge in [0.2, 0.25) is 0 Å². The molecule has 3 aromatic rings. The van der Waals surface area contributed by atoms with E-state index in [1.807, 2.05) is 36.4 Å². The van der Waals surface area contributed by atoms with Gasteiger partial charge in [0.1, 0.15) is 11.1 Å². The van der Waals surface area contributed by atoms with E-state index < -0.39 is 10.1 Å². The molecule has 6 nitrogen and oxygen atoms in total. The van der Waals surface area contributed by atoms with Gasteiger partial charge in [-0.05, 0) is 17.2 Å². The number of hydrogen-bond acceptors (Lipinski definition) is 5. The van der Waals surface area contributed by atoms with E-state index in [2.05, 4.69) is 15.4 Å². The zero-order chi connectivity index (χ0) is 16.1. The molecule has 0 atom stereocenters. The molecule has 0 spiro atoms. The van der Waals surface area contributed by atoms with Crippen LogP contribution >= 0.6 is 0 Å². The number of hydrogen-bond donors (Lipinski definition) is 1. The number of nitrogens with zero attached hydrogens (tertiary/aromatic N) is 2. The van der Waals surface area contributed by atoms with Crippen LogP contribution in [0.4, 0.5) is 0 Å². The highest BCUT2D eigenvalue weighted by Crippen LogP contribution is 2.21. The highest BCUT2D eigenvalue weighted by atomic mass is 32.2. The van der Waals surface area contributed by atoms with Crippen LogP contribution in [0.2, 0.25) is 0 Å². The molecule has 2 aromatic carbocycles. The highest BCUT2D eigenvalue weighted by Gasteiger charge is 2.20. The fourth-order valence-electron chi connectivity index (χ4n) is 1.98. The Balaban J connectivity index is 1.93. The van der Waals surface area contributed by atoms with Gasteiger partial charge in [0.15, 0.2) is 0 Å². The normalized spacial score (nSPS) is 11.7. The van der Waals surface area contributed by atoms with Crippen LogP contribution in [0.15, 0.2) is 65.7 Å². The summed E-state index contributed by atoms with van der Waals surface area (Å²) in [5, 5.41) is 9.42. The van der Waals surface area contributed by atoms with E-state index in [1.54, 1.807) is 24.3 Å². The van der Waals surface area contributed by atoms with E-state index >= 15 is 0 Å². The Hall–Kier alpha value is -2.93. The number of H-pyrrole nitrogens is 1. The number of benzene rings is 2. The summed E-state index contributed by atoms with van der Waals surface area (Å²) in [4.78, 5) is 0.0650. The molecule has 1 aromatic heterocycles. The van der Waals surface area contributed by atoms with E-state index in [-0.39, 0.29) is 10.8 Å². The smallest absolute Gasteiger partial charge is 0.341 e. The molecule has 0 aliphatic carbocycles. The van der Waals surface area contributed by atoms with Gasteiger partial charge in [-0.2, -0.15) is 18.7 Å². The van der Waals surface area contributed by atoms with Crippen molar-refractivity contribution in [2.24, 2.45) is 0 Å². The monoisotopic (exact) mass is 327 g/mol. The molecule has 0 saturated heterocycles. The van der Waals surface area contributed by atoms with Gasteiger partial charge < -0.3 is 4.18 Å². The Kier molecular flexibility index (Phi) is 4.20. The first-order valence-corrected chi connectivity index (χ1v) is 8.18. The predicted molar refractivity (Wildman–Crippen MR) is 86.0 cm³/mol. The molecule has 23 heavy (non-hydrogen) atoms. The standard InChI is InChI=1S/C16H13N3O3S/c20-23(21,22-16-12-17-19-18-16)15-9-5-4-8-14(15)11-10-13-6-2-1-3-7-13/h1-12H,(H,17,18,19). The van der Waals surface area contributed by atoms with Crippen LogP contribution < -0.4 is 4.18 Å². The van der Waals surface area contributed by atoms with Crippen molar-refractivity contribution < 1.29 is 12.6 Å². The van der Waals surface area contributed by atoms with Crippen LogP contribution in [0.5, 0.6) is 5.88 Å². The first kappa shape index (κ1) is 15.0. The summed E-state index contributed by atoms with van der Waals surface area (Å²) in [5.41, 5.74) is 1.50. The minimum atomic E-state index is -3.99. The van der Waals surface area contributed by atoms with Gasteiger partial charge in [0.25, 0.3) is 5.88 Å². The van der Waals surface area contributed by atoms with Crippen LogP contribution in [0.3, 0.4) is 0 Å². The molecular weight excluding hydrogens is 314 g/mol. The minimum absolute atomic E-state index is 0.0650. The molecule has 3 rings (SSSR count). The Morgan fingerprint density at radius 3 is 2.43 bits per heavy atom. The van der Waals surface area contributed by atoms with Crippen molar-refractivity contribution in [3.63, 3.8) is 0 Å². The van der Waals surface area contributed by atoms with Gasteiger partial charge in [-0.1, -0.05) is 60.7 Å².